The van der Waals surface area contributed by atoms with Gasteiger partial charge in [-0.25, -0.2) is 4.98 Å². The molecule has 0 aliphatic rings. The maximum absolute atomic E-state index is 4.51. The van der Waals surface area contributed by atoms with E-state index in [1.54, 1.807) is 11.3 Å². The molecule has 0 spiro atoms. The molecule has 0 aliphatic heterocycles. The largest absolute Gasteiger partial charge is 0.359 e. The van der Waals surface area contributed by atoms with Gasteiger partial charge in [0, 0.05) is 6.04 Å². The molecule has 0 saturated heterocycles. The third-order valence-electron chi connectivity index (χ3n) is 2.28. The van der Waals surface area contributed by atoms with Crippen LogP contribution in [0.3, 0.4) is 0 Å². The van der Waals surface area contributed by atoms with Crippen LogP contribution >= 0.6 is 11.3 Å². The fourth-order valence-corrected chi connectivity index (χ4v) is 2.22. The minimum atomic E-state index is 0.496. The normalized spacial score (nSPS) is 13.0. The average Bonchev–Trinajstić information content (AvgIpc) is 2.59. The van der Waals surface area contributed by atoms with Gasteiger partial charge in [0.2, 0.25) is 0 Å². The second kappa shape index (κ2) is 3.96. The monoisotopic (exact) mass is 206 g/mol. The number of rotatable bonds is 3. The Balaban J connectivity index is 2.27. The fraction of sp³-hybridized carbons (Fsp3) is 0.364. The fourth-order valence-electron chi connectivity index (χ4n) is 1.25. The van der Waals surface area contributed by atoms with E-state index in [1.165, 1.54) is 4.70 Å². The highest BCUT2D eigenvalue weighted by atomic mass is 32.1. The summed E-state index contributed by atoms with van der Waals surface area (Å²) in [6, 6.07) is 8.72. The summed E-state index contributed by atoms with van der Waals surface area (Å²) in [6.07, 6.45) is 1.12. The van der Waals surface area contributed by atoms with Crippen molar-refractivity contribution in [2.24, 2.45) is 0 Å². The molecular weight excluding hydrogens is 192 g/mol. The summed E-state index contributed by atoms with van der Waals surface area (Å²) in [5.74, 6) is 0. The van der Waals surface area contributed by atoms with E-state index in [0.29, 0.717) is 6.04 Å². The molecule has 0 bridgehead atoms. The van der Waals surface area contributed by atoms with Crippen molar-refractivity contribution in [2.45, 2.75) is 26.3 Å². The quantitative estimate of drug-likeness (QED) is 0.831. The second-order valence-corrected chi connectivity index (χ2v) is 4.47. The van der Waals surface area contributed by atoms with Gasteiger partial charge in [0.1, 0.15) is 0 Å². The predicted octanol–water partition coefficient (Wildman–Crippen LogP) is 3.51. The number of nitrogens with zero attached hydrogens (tertiary/aromatic N) is 1. The number of para-hydroxylation sites is 1. The predicted molar refractivity (Wildman–Crippen MR) is 63.0 cm³/mol. The molecule has 2 aromatic rings. The number of aromatic nitrogens is 1. The Hall–Kier alpha value is -1.09. The van der Waals surface area contributed by atoms with E-state index in [9.17, 15) is 0 Å². The van der Waals surface area contributed by atoms with Gasteiger partial charge >= 0.3 is 0 Å². The van der Waals surface area contributed by atoms with Crippen LogP contribution in [0.1, 0.15) is 20.3 Å². The summed E-state index contributed by atoms with van der Waals surface area (Å²) in [5, 5.41) is 4.42. The van der Waals surface area contributed by atoms with Gasteiger partial charge in [-0.05, 0) is 25.5 Å². The second-order valence-electron chi connectivity index (χ2n) is 3.44. The number of thiazole rings is 1. The van der Waals surface area contributed by atoms with Crippen LogP contribution in [0.25, 0.3) is 10.2 Å². The van der Waals surface area contributed by atoms with Crippen molar-refractivity contribution in [1.82, 2.24) is 4.98 Å². The molecule has 2 nitrogen and oxygen atoms in total. The lowest BCUT2D eigenvalue weighted by Crippen LogP contribution is -2.12. The zero-order chi connectivity index (χ0) is 9.97. The van der Waals surface area contributed by atoms with E-state index >= 15 is 0 Å². The van der Waals surface area contributed by atoms with Gasteiger partial charge in [0.05, 0.1) is 10.2 Å². The summed E-state index contributed by atoms with van der Waals surface area (Å²) >= 11 is 1.72. The molecule has 1 heterocycles. The van der Waals surface area contributed by atoms with Crippen molar-refractivity contribution in [3.05, 3.63) is 24.3 Å². The third-order valence-corrected chi connectivity index (χ3v) is 3.24. The lowest BCUT2D eigenvalue weighted by Gasteiger charge is -2.08. The number of benzene rings is 1. The highest BCUT2D eigenvalue weighted by Crippen LogP contribution is 2.25. The number of fused-ring (bicyclic) bond motifs is 1. The Labute approximate surface area is 88.0 Å². The zero-order valence-corrected chi connectivity index (χ0v) is 9.27. The van der Waals surface area contributed by atoms with Crippen molar-refractivity contribution in [3.63, 3.8) is 0 Å². The molecule has 0 radical (unpaired) electrons. The number of hydrogen-bond donors (Lipinski definition) is 1. The van der Waals surface area contributed by atoms with Gasteiger partial charge in [-0.15, -0.1) is 0 Å². The molecule has 0 fully saturated rings. The van der Waals surface area contributed by atoms with Crippen LogP contribution in [-0.4, -0.2) is 11.0 Å². The van der Waals surface area contributed by atoms with E-state index in [0.717, 1.165) is 17.1 Å². The third kappa shape index (κ3) is 1.87. The van der Waals surface area contributed by atoms with Gasteiger partial charge in [0.15, 0.2) is 5.13 Å². The van der Waals surface area contributed by atoms with Gasteiger partial charge < -0.3 is 5.32 Å². The number of hydrogen-bond acceptors (Lipinski definition) is 3. The molecule has 1 aromatic heterocycles. The minimum absolute atomic E-state index is 0.496. The van der Waals surface area contributed by atoms with Gasteiger partial charge in [-0.1, -0.05) is 30.4 Å². The maximum atomic E-state index is 4.51. The Morgan fingerprint density at radius 3 is 2.93 bits per heavy atom. The Kier molecular flexibility index (Phi) is 2.68. The van der Waals surface area contributed by atoms with Crippen LogP contribution in [0, 0.1) is 0 Å². The molecule has 2 rings (SSSR count). The van der Waals surface area contributed by atoms with Gasteiger partial charge in [0.25, 0.3) is 0 Å². The smallest absolute Gasteiger partial charge is 0.183 e. The summed E-state index contributed by atoms with van der Waals surface area (Å²) in [5.41, 5.74) is 1.09. The van der Waals surface area contributed by atoms with Gasteiger partial charge in [-0.3, -0.25) is 0 Å². The van der Waals surface area contributed by atoms with Crippen molar-refractivity contribution in [1.29, 1.82) is 0 Å². The molecule has 1 N–H and O–H groups in total. The molecule has 0 amide bonds. The molecule has 0 saturated carbocycles. The van der Waals surface area contributed by atoms with E-state index in [-0.39, 0.29) is 0 Å². The van der Waals surface area contributed by atoms with Crippen LogP contribution < -0.4 is 5.32 Å². The first-order valence-electron chi connectivity index (χ1n) is 4.91. The first kappa shape index (κ1) is 9.46. The lowest BCUT2D eigenvalue weighted by molar-refractivity contribution is 0.763. The van der Waals surface area contributed by atoms with Crippen molar-refractivity contribution in [2.75, 3.05) is 5.32 Å². The molecule has 1 atom stereocenters. The SMILES string of the molecule is CC[C@@H](C)Nc1nc2ccccc2s1. The van der Waals surface area contributed by atoms with Crippen molar-refractivity contribution >= 4 is 26.7 Å². The summed E-state index contributed by atoms with van der Waals surface area (Å²) in [6.45, 7) is 4.34. The van der Waals surface area contributed by atoms with Crippen LogP contribution in [-0.2, 0) is 0 Å². The molecule has 3 heteroatoms. The van der Waals surface area contributed by atoms with Crippen LogP contribution in [0.5, 0.6) is 0 Å². The van der Waals surface area contributed by atoms with E-state index < -0.39 is 0 Å². The van der Waals surface area contributed by atoms with Crippen LogP contribution in [0.2, 0.25) is 0 Å². The highest BCUT2D eigenvalue weighted by Gasteiger charge is 2.04. The highest BCUT2D eigenvalue weighted by molar-refractivity contribution is 7.22. The minimum Gasteiger partial charge on any atom is -0.359 e. The lowest BCUT2D eigenvalue weighted by atomic mass is 10.3. The standard InChI is InChI=1S/C11H14N2S/c1-3-8(2)12-11-13-9-6-4-5-7-10(9)14-11/h4-8H,3H2,1-2H3,(H,12,13)/t8-/m1/s1. The molecule has 0 aliphatic carbocycles. The molecule has 0 unspecified atom stereocenters. The summed E-state index contributed by atoms with van der Waals surface area (Å²) in [4.78, 5) is 4.51. The molecular formula is C11H14N2S. The number of anilines is 1. The zero-order valence-electron chi connectivity index (χ0n) is 8.45. The molecule has 1 aromatic carbocycles. The Morgan fingerprint density at radius 2 is 2.21 bits per heavy atom. The topological polar surface area (TPSA) is 24.9 Å². The van der Waals surface area contributed by atoms with Gasteiger partial charge in [-0.2, -0.15) is 0 Å². The van der Waals surface area contributed by atoms with E-state index in [4.69, 9.17) is 0 Å². The molecule has 14 heavy (non-hydrogen) atoms. The first-order chi connectivity index (χ1) is 6.79. The Morgan fingerprint density at radius 1 is 1.43 bits per heavy atom. The maximum Gasteiger partial charge on any atom is 0.183 e. The number of nitrogens with one attached hydrogen (secondary N) is 1. The summed E-state index contributed by atoms with van der Waals surface area (Å²) in [7, 11) is 0. The first-order valence-corrected chi connectivity index (χ1v) is 5.73. The van der Waals surface area contributed by atoms with E-state index in [2.05, 4.69) is 30.2 Å². The summed E-state index contributed by atoms with van der Waals surface area (Å²) < 4.78 is 1.25. The Bertz CT molecular complexity index is 389. The van der Waals surface area contributed by atoms with Crippen molar-refractivity contribution in [3.8, 4) is 0 Å². The molecule has 74 valence electrons. The average molecular weight is 206 g/mol. The van der Waals surface area contributed by atoms with Crippen LogP contribution in [0.4, 0.5) is 5.13 Å². The van der Waals surface area contributed by atoms with Crippen LogP contribution in [0.15, 0.2) is 24.3 Å². The van der Waals surface area contributed by atoms with Crippen molar-refractivity contribution < 1.29 is 0 Å². The van der Waals surface area contributed by atoms with E-state index in [1.807, 2.05) is 18.2 Å².